The van der Waals surface area contributed by atoms with Gasteiger partial charge in [0.1, 0.15) is 0 Å². The standard InChI is InChI=1S/C23H26ClN3O3/c24-19-9-7-17(8-10-19)23(29)27-11-3-4-18(16-27)22(28)25-20-5-1-2-6-21(20)26-12-14-30-15-13-26/h1-2,5-10,18H,3-4,11-16H2,(H,25,28)/t18-/m1/s1. The van der Waals surface area contributed by atoms with E-state index in [1.807, 2.05) is 24.3 Å². The lowest BCUT2D eigenvalue weighted by Gasteiger charge is -2.33. The van der Waals surface area contributed by atoms with Crippen LogP contribution < -0.4 is 10.2 Å². The molecule has 2 heterocycles. The number of morpholine rings is 1. The highest BCUT2D eigenvalue weighted by molar-refractivity contribution is 6.30. The Labute approximate surface area is 181 Å². The number of amides is 2. The average Bonchev–Trinajstić information content (AvgIpc) is 2.80. The van der Waals surface area contributed by atoms with Crippen molar-refractivity contribution < 1.29 is 14.3 Å². The van der Waals surface area contributed by atoms with Crippen molar-refractivity contribution in [2.24, 2.45) is 5.92 Å². The number of benzene rings is 2. The van der Waals surface area contributed by atoms with Gasteiger partial charge in [-0.2, -0.15) is 0 Å². The Balaban J connectivity index is 1.43. The number of likely N-dealkylation sites (tertiary alicyclic amines) is 1. The first kappa shape index (κ1) is 20.7. The fourth-order valence-corrected chi connectivity index (χ4v) is 4.17. The summed E-state index contributed by atoms with van der Waals surface area (Å²) in [7, 11) is 0. The molecule has 0 unspecified atom stereocenters. The number of piperidine rings is 1. The third kappa shape index (κ3) is 4.77. The Kier molecular flexibility index (Phi) is 6.55. The monoisotopic (exact) mass is 427 g/mol. The molecule has 1 atom stereocenters. The van der Waals surface area contributed by atoms with Gasteiger partial charge in [0.05, 0.1) is 30.5 Å². The van der Waals surface area contributed by atoms with E-state index in [4.69, 9.17) is 16.3 Å². The van der Waals surface area contributed by atoms with Crippen molar-refractivity contribution in [1.29, 1.82) is 0 Å². The third-order valence-corrected chi connectivity index (χ3v) is 5.94. The van der Waals surface area contributed by atoms with Gasteiger partial charge in [0.2, 0.25) is 5.91 Å². The Bertz CT molecular complexity index is 897. The number of halogens is 1. The van der Waals surface area contributed by atoms with Crippen molar-refractivity contribution in [3.8, 4) is 0 Å². The van der Waals surface area contributed by atoms with Crippen LogP contribution in [0.4, 0.5) is 11.4 Å². The molecule has 0 spiro atoms. The first-order chi connectivity index (χ1) is 14.6. The van der Waals surface area contributed by atoms with E-state index in [2.05, 4.69) is 10.2 Å². The third-order valence-electron chi connectivity index (χ3n) is 5.68. The van der Waals surface area contributed by atoms with Crippen molar-refractivity contribution in [3.63, 3.8) is 0 Å². The first-order valence-corrected chi connectivity index (χ1v) is 10.8. The minimum absolute atomic E-state index is 0.0377. The van der Waals surface area contributed by atoms with Gasteiger partial charge in [0, 0.05) is 36.8 Å². The van der Waals surface area contributed by atoms with Crippen molar-refractivity contribution >= 4 is 34.8 Å². The summed E-state index contributed by atoms with van der Waals surface area (Å²) in [4.78, 5) is 29.9. The molecule has 0 bridgehead atoms. The van der Waals surface area contributed by atoms with Gasteiger partial charge in [-0.3, -0.25) is 9.59 Å². The van der Waals surface area contributed by atoms with Gasteiger partial charge in [-0.1, -0.05) is 23.7 Å². The summed E-state index contributed by atoms with van der Waals surface area (Å²) in [5.74, 6) is -0.324. The van der Waals surface area contributed by atoms with Gasteiger partial charge in [0.15, 0.2) is 0 Å². The van der Waals surface area contributed by atoms with Crippen LogP contribution in [-0.4, -0.2) is 56.1 Å². The Morgan fingerprint density at radius 2 is 1.73 bits per heavy atom. The largest absolute Gasteiger partial charge is 0.378 e. The number of rotatable bonds is 4. The van der Waals surface area contributed by atoms with Crippen LogP contribution in [-0.2, 0) is 9.53 Å². The Morgan fingerprint density at radius 1 is 1.00 bits per heavy atom. The normalized spacial score (nSPS) is 19.4. The van der Waals surface area contributed by atoms with Gasteiger partial charge in [-0.25, -0.2) is 0 Å². The molecule has 2 aromatic carbocycles. The second kappa shape index (κ2) is 9.49. The summed E-state index contributed by atoms with van der Waals surface area (Å²) >= 11 is 5.92. The maximum atomic E-state index is 13.0. The molecule has 0 aromatic heterocycles. The lowest BCUT2D eigenvalue weighted by Crippen LogP contribution is -2.44. The molecule has 0 aliphatic carbocycles. The van der Waals surface area contributed by atoms with Crippen LogP contribution >= 0.6 is 11.6 Å². The molecule has 2 aromatic rings. The van der Waals surface area contributed by atoms with Gasteiger partial charge < -0.3 is 19.9 Å². The SMILES string of the molecule is O=C(Nc1ccccc1N1CCOCC1)[C@@H]1CCCN(C(=O)c2ccc(Cl)cc2)C1. The topological polar surface area (TPSA) is 61.9 Å². The zero-order valence-corrected chi connectivity index (χ0v) is 17.6. The fraction of sp³-hybridized carbons (Fsp3) is 0.391. The molecule has 6 nitrogen and oxygen atoms in total. The molecule has 158 valence electrons. The van der Waals surface area contributed by atoms with Gasteiger partial charge in [-0.05, 0) is 49.2 Å². The van der Waals surface area contributed by atoms with E-state index in [-0.39, 0.29) is 17.7 Å². The van der Waals surface area contributed by atoms with Crippen LogP contribution in [0.5, 0.6) is 0 Å². The molecular formula is C23H26ClN3O3. The van der Waals surface area contributed by atoms with Crippen LogP contribution in [0.25, 0.3) is 0 Å². The summed E-state index contributed by atoms with van der Waals surface area (Å²) < 4.78 is 5.44. The molecule has 2 aliphatic rings. The first-order valence-electron chi connectivity index (χ1n) is 10.4. The van der Waals surface area contributed by atoms with Crippen LogP contribution in [0.3, 0.4) is 0 Å². The van der Waals surface area contributed by atoms with Crippen LogP contribution in [0.15, 0.2) is 48.5 Å². The molecule has 0 radical (unpaired) electrons. The van der Waals surface area contributed by atoms with E-state index < -0.39 is 0 Å². The zero-order valence-electron chi connectivity index (χ0n) is 16.9. The lowest BCUT2D eigenvalue weighted by molar-refractivity contribution is -0.121. The smallest absolute Gasteiger partial charge is 0.253 e. The second-order valence-corrected chi connectivity index (χ2v) is 8.14. The maximum Gasteiger partial charge on any atom is 0.253 e. The molecular weight excluding hydrogens is 402 g/mol. The number of carbonyl (C=O) groups excluding carboxylic acids is 2. The molecule has 7 heteroatoms. The molecule has 1 N–H and O–H groups in total. The Morgan fingerprint density at radius 3 is 2.50 bits per heavy atom. The van der Waals surface area contributed by atoms with Crippen LogP contribution in [0, 0.1) is 5.92 Å². The minimum atomic E-state index is -0.229. The van der Waals surface area contributed by atoms with E-state index in [0.717, 1.165) is 37.3 Å². The van der Waals surface area contributed by atoms with Crippen molar-refractivity contribution in [3.05, 3.63) is 59.1 Å². The van der Waals surface area contributed by atoms with Crippen molar-refractivity contribution in [2.45, 2.75) is 12.8 Å². The van der Waals surface area contributed by atoms with Crippen LogP contribution in [0.1, 0.15) is 23.2 Å². The molecule has 4 rings (SSSR count). The molecule has 2 saturated heterocycles. The van der Waals surface area contributed by atoms with E-state index in [0.29, 0.717) is 36.9 Å². The predicted octanol–water partition coefficient (Wildman–Crippen LogP) is 3.67. The predicted molar refractivity (Wildman–Crippen MR) is 118 cm³/mol. The number of nitrogens with zero attached hydrogens (tertiary/aromatic N) is 2. The highest BCUT2D eigenvalue weighted by Gasteiger charge is 2.29. The number of nitrogens with one attached hydrogen (secondary N) is 1. The number of hydrogen-bond acceptors (Lipinski definition) is 4. The fourth-order valence-electron chi connectivity index (χ4n) is 4.04. The molecule has 2 amide bonds. The summed E-state index contributed by atoms with van der Waals surface area (Å²) in [6.07, 6.45) is 1.58. The highest BCUT2D eigenvalue weighted by atomic mass is 35.5. The molecule has 0 saturated carbocycles. The van der Waals surface area contributed by atoms with Crippen molar-refractivity contribution in [2.75, 3.05) is 49.6 Å². The summed E-state index contributed by atoms with van der Waals surface area (Å²) in [6.45, 7) is 4.07. The number of para-hydroxylation sites is 2. The molecule has 2 aliphatic heterocycles. The number of ether oxygens (including phenoxy) is 1. The number of hydrogen-bond donors (Lipinski definition) is 1. The molecule has 30 heavy (non-hydrogen) atoms. The van der Waals surface area contributed by atoms with Gasteiger partial charge in [-0.15, -0.1) is 0 Å². The van der Waals surface area contributed by atoms with Crippen LogP contribution in [0.2, 0.25) is 5.02 Å². The lowest BCUT2D eigenvalue weighted by atomic mass is 9.96. The summed E-state index contributed by atoms with van der Waals surface area (Å²) in [5, 5.41) is 3.71. The molecule has 2 fully saturated rings. The summed E-state index contributed by atoms with van der Waals surface area (Å²) in [6, 6.07) is 14.8. The average molecular weight is 428 g/mol. The van der Waals surface area contributed by atoms with Gasteiger partial charge in [0.25, 0.3) is 5.91 Å². The number of carbonyl (C=O) groups is 2. The highest BCUT2D eigenvalue weighted by Crippen LogP contribution is 2.28. The van der Waals surface area contributed by atoms with E-state index in [1.165, 1.54) is 0 Å². The zero-order chi connectivity index (χ0) is 20.9. The second-order valence-electron chi connectivity index (χ2n) is 7.70. The quantitative estimate of drug-likeness (QED) is 0.808. The summed E-state index contributed by atoms with van der Waals surface area (Å²) in [5.41, 5.74) is 2.42. The van der Waals surface area contributed by atoms with E-state index in [1.54, 1.807) is 29.2 Å². The maximum absolute atomic E-state index is 13.0. The van der Waals surface area contributed by atoms with Gasteiger partial charge >= 0.3 is 0 Å². The van der Waals surface area contributed by atoms with E-state index >= 15 is 0 Å². The Hall–Kier alpha value is -2.57. The van der Waals surface area contributed by atoms with Crippen molar-refractivity contribution in [1.82, 2.24) is 4.90 Å². The van der Waals surface area contributed by atoms with E-state index in [9.17, 15) is 9.59 Å². The number of anilines is 2. The minimum Gasteiger partial charge on any atom is -0.378 e.